The molecular weight excluding hydrogens is 324 g/mol. The van der Waals surface area contributed by atoms with E-state index in [0.29, 0.717) is 0 Å². The summed E-state index contributed by atoms with van der Waals surface area (Å²) in [6.07, 6.45) is 6.50. The Morgan fingerprint density at radius 2 is 1.96 bits per heavy atom. The first-order chi connectivity index (χ1) is 11.0. The van der Waals surface area contributed by atoms with Gasteiger partial charge < -0.3 is 9.88 Å². The van der Waals surface area contributed by atoms with Crippen LogP contribution in [-0.2, 0) is 9.84 Å². The van der Waals surface area contributed by atoms with Crippen LogP contribution in [0.25, 0.3) is 0 Å². The zero-order valence-electron chi connectivity index (χ0n) is 12.3. The fourth-order valence-electron chi connectivity index (χ4n) is 2.91. The summed E-state index contributed by atoms with van der Waals surface area (Å²) in [7, 11) is -4.55. The summed E-state index contributed by atoms with van der Waals surface area (Å²) in [6, 6.07) is 5.72. The summed E-state index contributed by atoms with van der Waals surface area (Å²) in [6.45, 7) is 0.812. The fraction of sp³-hybridized carbons (Fsp3) is 0.400. The van der Waals surface area contributed by atoms with Crippen molar-refractivity contribution < 1.29 is 17.2 Å². The number of nitrogens with zero attached hydrogens (tertiary/aromatic N) is 2. The number of H-pyrrole nitrogens is 1. The van der Waals surface area contributed by atoms with Gasteiger partial charge in [0.05, 0.1) is 10.9 Å². The lowest BCUT2D eigenvalue weighted by Crippen LogP contribution is -2.34. The van der Waals surface area contributed by atoms with Crippen molar-refractivity contribution in [2.75, 3.05) is 11.4 Å². The quantitative estimate of drug-likeness (QED) is 0.928. The van der Waals surface area contributed by atoms with E-state index in [2.05, 4.69) is 14.9 Å². The Bertz CT molecular complexity index is 746. The Kier molecular flexibility index (Phi) is 4.34. The minimum atomic E-state index is -4.55. The number of rotatable bonds is 4. The van der Waals surface area contributed by atoms with E-state index in [1.807, 2.05) is 0 Å². The number of aromatic nitrogens is 2. The van der Waals surface area contributed by atoms with Gasteiger partial charge in [-0.25, -0.2) is 13.4 Å². The SMILES string of the molecule is O=S(=O)(c1ccc(N2CCCCC2c2ncc[nH]2)cc1)C(F)F. The molecule has 1 unspecified atom stereocenters. The maximum absolute atomic E-state index is 12.6. The van der Waals surface area contributed by atoms with Crippen LogP contribution < -0.4 is 4.90 Å². The number of piperidine rings is 1. The smallest absolute Gasteiger partial charge is 0.341 e. The van der Waals surface area contributed by atoms with Gasteiger partial charge in [0.15, 0.2) is 0 Å². The molecule has 5 nitrogen and oxygen atoms in total. The first-order valence-corrected chi connectivity index (χ1v) is 8.93. The Hall–Kier alpha value is -1.96. The van der Waals surface area contributed by atoms with Crippen LogP contribution in [0.4, 0.5) is 14.5 Å². The topological polar surface area (TPSA) is 66.1 Å². The molecule has 1 aliphatic heterocycles. The highest BCUT2D eigenvalue weighted by Gasteiger charge is 2.28. The van der Waals surface area contributed by atoms with Gasteiger partial charge in [0.1, 0.15) is 5.82 Å². The predicted molar refractivity (Wildman–Crippen MR) is 82.2 cm³/mol. The number of anilines is 1. The summed E-state index contributed by atoms with van der Waals surface area (Å²) in [4.78, 5) is 9.18. The third-order valence-electron chi connectivity index (χ3n) is 4.07. The summed E-state index contributed by atoms with van der Waals surface area (Å²) < 4.78 is 48.2. The van der Waals surface area contributed by atoms with Crippen molar-refractivity contribution in [3.05, 3.63) is 42.5 Å². The van der Waals surface area contributed by atoms with Crippen molar-refractivity contribution in [2.45, 2.75) is 36.0 Å². The molecule has 1 fully saturated rings. The van der Waals surface area contributed by atoms with Gasteiger partial charge in [-0.15, -0.1) is 0 Å². The lowest BCUT2D eigenvalue weighted by atomic mass is 10.0. The number of hydrogen-bond donors (Lipinski definition) is 1. The largest absolute Gasteiger partial charge is 0.361 e. The Balaban J connectivity index is 1.88. The average molecular weight is 341 g/mol. The summed E-state index contributed by atoms with van der Waals surface area (Å²) in [5.41, 5.74) is 0.805. The lowest BCUT2D eigenvalue weighted by molar-refractivity contribution is 0.234. The van der Waals surface area contributed by atoms with Crippen LogP contribution in [0.1, 0.15) is 31.1 Å². The minimum absolute atomic E-state index is 0.0799. The van der Waals surface area contributed by atoms with Crippen LogP contribution in [0, 0.1) is 0 Å². The third-order valence-corrected chi connectivity index (χ3v) is 5.47. The van der Waals surface area contributed by atoms with E-state index >= 15 is 0 Å². The molecule has 1 atom stereocenters. The molecule has 0 saturated carbocycles. The van der Waals surface area contributed by atoms with Crippen LogP contribution in [0.3, 0.4) is 0 Å². The van der Waals surface area contributed by atoms with E-state index in [1.165, 1.54) is 12.1 Å². The molecule has 0 aliphatic carbocycles. The summed E-state index contributed by atoms with van der Waals surface area (Å²) in [5.74, 6) is -2.55. The third kappa shape index (κ3) is 3.08. The van der Waals surface area contributed by atoms with E-state index in [1.54, 1.807) is 24.5 Å². The maximum atomic E-state index is 12.6. The van der Waals surface area contributed by atoms with E-state index < -0.39 is 15.6 Å². The highest BCUT2D eigenvalue weighted by atomic mass is 32.2. The summed E-state index contributed by atoms with van der Waals surface area (Å²) in [5, 5.41) is 0. The molecular formula is C15H17F2N3O2S. The first-order valence-electron chi connectivity index (χ1n) is 7.38. The van der Waals surface area contributed by atoms with Crippen LogP contribution in [0.2, 0.25) is 0 Å². The van der Waals surface area contributed by atoms with Crippen LogP contribution >= 0.6 is 0 Å². The molecule has 1 aromatic carbocycles. The maximum Gasteiger partial charge on any atom is 0.341 e. The molecule has 1 saturated heterocycles. The number of sulfone groups is 1. The van der Waals surface area contributed by atoms with Gasteiger partial charge in [0.25, 0.3) is 0 Å². The van der Waals surface area contributed by atoms with Crippen molar-refractivity contribution in [1.82, 2.24) is 9.97 Å². The van der Waals surface area contributed by atoms with Crippen LogP contribution in [-0.4, -0.2) is 30.7 Å². The Morgan fingerprint density at radius 1 is 1.22 bits per heavy atom. The molecule has 2 aromatic rings. The standard InChI is InChI=1S/C15H17F2N3O2S/c16-15(17)23(21,22)12-6-4-11(5-7-12)20-10-2-1-3-13(20)14-18-8-9-19-14/h4-9,13,15H,1-3,10H2,(H,18,19). The number of nitrogens with one attached hydrogen (secondary N) is 1. The van der Waals surface area contributed by atoms with Crippen molar-refractivity contribution >= 4 is 15.5 Å². The zero-order chi connectivity index (χ0) is 16.4. The van der Waals surface area contributed by atoms with E-state index in [0.717, 1.165) is 37.3 Å². The monoisotopic (exact) mass is 341 g/mol. The van der Waals surface area contributed by atoms with Crippen LogP contribution in [0.15, 0.2) is 41.6 Å². The number of hydrogen-bond acceptors (Lipinski definition) is 4. The number of imidazole rings is 1. The molecule has 8 heteroatoms. The first kappa shape index (κ1) is 15.9. The predicted octanol–water partition coefficient (Wildman–Crippen LogP) is 3.14. The molecule has 1 aliphatic rings. The van der Waals surface area contributed by atoms with Gasteiger partial charge in [0, 0.05) is 24.6 Å². The Morgan fingerprint density at radius 3 is 2.57 bits per heavy atom. The molecule has 2 heterocycles. The number of benzene rings is 1. The Labute approximate surface area is 133 Å². The highest BCUT2D eigenvalue weighted by molar-refractivity contribution is 7.91. The van der Waals surface area contributed by atoms with E-state index in [-0.39, 0.29) is 10.9 Å². The van der Waals surface area contributed by atoms with E-state index in [9.17, 15) is 17.2 Å². The van der Waals surface area contributed by atoms with Gasteiger partial charge in [-0.05, 0) is 43.5 Å². The minimum Gasteiger partial charge on any atom is -0.361 e. The van der Waals surface area contributed by atoms with Gasteiger partial charge in [-0.3, -0.25) is 0 Å². The van der Waals surface area contributed by atoms with Crippen molar-refractivity contribution in [2.24, 2.45) is 0 Å². The van der Waals surface area contributed by atoms with Gasteiger partial charge >= 0.3 is 5.76 Å². The van der Waals surface area contributed by atoms with Gasteiger partial charge in [-0.1, -0.05) is 0 Å². The van der Waals surface area contributed by atoms with Crippen molar-refractivity contribution in [1.29, 1.82) is 0 Å². The zero-order valence-corrected chi connectivity index (χ0v) is 13.1. The van der Waals surface area contributed by atoms with Gasteiger partial charge in [-0.2, -0.15) is 8.78 Å². The molecule has 0 spiro atoms. The highest BCUT2D eigenvalue weighted by Crippen LogP contribution is 2.34. The van der Waals surface area contributed by atoms with Crippen LogP contribution in [0.5, 0.6) is 0 Å². The molecule has 0 amide bonds. The summed E-state index contributed by atoms with van der Waals surface area (Å²) >= 11 is 0. The van der Waals surface area contributed by atoms with Crippen molar-refractivity contribution in [3.63, 3.8) is 0 Å². The molecule has 1 N–H and O–H groups in total. The lowest BCUT2D eigenvalue weighted by Gasteiger charge is -2.36. The molecule has 1 aromatic heterocycles. The van der Waals surface area contributed by atoms with Crippen molar-refractivity contribution in [3.8, 4) is 0 Å². The van der Waals surface area contributed by atoms with Gasteiger partial charge in [0.2, 0.25) is 9.84 Å². The second-order valence-electron chi connectivity index (χ2n) is 5.48. The molecule has 3 rings (SSSR count). The average Bonchev–Trinajstić information content (AvgIpc) is 3.09. The molecule has 124 valence electrons. The number of aromatic amines is 1. The normalized spacial score (nSPS) is 19.3. The molecule has 0 radical (unpaired) electrons. The fourth-order valence-corrected chi connectivity index (χ4v) is 3.64. The second-order valence-corrected chi connectivity index (χ2v) is 7.40. The second kappa shape index (κ2) is 6.27. The molecule has 23 heavy (non-hydrogen) atoms. The number of alkyl halides is 2. The number of halogens is 2. The molecule has 0 bridgehead atoms. The van der Waals surface area contributed by atoms with E-state index in [4.69, 9.17) is 0 Å².